The Hall–Kier alpha value is -4.20. The Kier molecular flexibility index (Phi) is 7.10. The Morgan fingerprint density at radius 2 is 1.80 bits per heavy atom. The number of aliphatic hydroxyl groups excluding tert-OH is 1. The Bertz CT molecular complexity index is 1260. The van der Waals surface area contributed by atoms with Crippen LogP contribution in [0, 0.1) is 5.82 Å². The van der Waals surface area contributed by atoms with Crippen LogP contribution < -0.4 is 9.47 Å². The molecule has 3 aromatic rings. The van der Waals surface area contributed by atoms with Crippen molar-refractivity contribution in [3.05, 3.63) is 95.1 Å². The number of halogens is 1. The van der Waals surface area contributed by atoms with Crippen LogP contribution in [0.3, 0.4) is 0 Å². The highest BCUT2D eigenvalue weighted by Gasteiger charge is 2.46. The van der Waals surface area contributed by atoms with Crippen molar-refractivity contribution in [2.75, 3.05) is 13.7 Å². The highest BCUT2D eigenvalue weighted by molar-refractivity contribution is 6.46. The smallest absolute Gasteiger partial charge is 0.295 e. The van der Waals surface area contributed by atoms with E-state index in [4.69, 9.17) is 9.47 Å². The second kappa shape index (κ2) is 10.4. The zero-order valence-electron chi connectivity index (χ0n) is 19.4. The molecule has 1 fully saturated rings. The fourth-order valence-corrected chi connectivity index (χ4v) is 4.01. The summed E-state index contributed by atoms with van der Waals surface area (Å²) in [4.78, 5) is 31.7. The molecule has 0 unspecified atom stereocenters. The molecule has 1 N–H and O–H groups in total. The number of Topliss-reactive ketones (excluding diaryl/α,β-unsaturated/α-hetero) is 1. The first-order chi connectivity index (χ1) is 16.9. The molecule has 0 radical (unpaired) electrons. The molecule has 4 rings (SSSR count). The lowest BCUT2D eigenvalue weighted by atomic mass is 9.95. The summed E-state index contributed by atoms with van der Waals surface area (Å²) in [6, 6.07) is 13.5. The van der Waals surface area contributed by atoms with Crippen molar-refractivity contribution >= 4 is 17.4 Å². The molecular formula is C27H25FN2O5. The van der Waals surface area contributed by atoms with Crippen LogP contribution in [0.15, 0.2) is 72.6 Å². The summed E-state index contributed by atoms with van der Waals surface area (Å²) in [5.41, 5.74) is 1.33. The fraction of sp³-hybridized carbons (Fsp3) is 0.222. The van der Waals surface area contributed by atoms with Gasteiger partial charge in [-0.15, -0.1) is 0 Å². The summed E-state index contributed by atoms with van der Waals surface area (Å²) in [5.74, 6) is -2.11. The first-order valence-electron chi connectivity index (χ1n) is 11.2. The summed E-state index contributed by atoms with van der Waals surface area (Å²) in [5, 5.41) is 11.1. The highest BCUT2D eigenvalue weighted by atomic mass is 19.1. The van der Waals surface area contributed by atoms with Crippen LogP contribution in [0.2, 0.25) is 0 Å². The first-order valence-corrected chi connectivity index (χ1v) is 11.2. The number of ether oxygens (including phenoxy) is 2. The lowest BCUT2D eigenvalue weighted by Gasteiger charge is -2.25. The number of methoxy groups -OCH3 is 1. The van der Waals surface area contributed by atoms with Crippen molar-refractivity contribution in [2.24, 2.45) is 0 Å². The Labute approximate surface area is 202 Å². The third-order valence-electron chi connectivity index (χ3n) is 5.74. The van der Waals surface area contributed by atoms with Crippen molar-refractivity contribution < 1.29 is 28.6 Å². The van der Waals surface area contributed by atoms with E-state index >= 15 is 0 Å². The molecule has 0 spiro atoms. The minimum absolute atomic E-state index is 0.00101. The highest BCUT2D eigenvalue weighted by Crippen LogP contribution is 2.41. The van der Waals surface area contributed by atoms with E-state index < -0.39 is 29.3 Å². The van der Waals surface area contributed by atoms with Gasteiger partial charge in [-0.05, 0) is 60.0 Å². The quantitative estimate of drug-likeness (QED) is 0.290. The van der Waals surface area contributed by atoms with E-state index in [1.54, 1.807) is 48.8 Å². The average molecular weight is 477 g/mol. The summed E-state index contributed by atoms with van der Waals surface area (Å²) in [7, 11) is 1.33. The zero-order valence-corrected chi connectivity index (χ0v) is 19.4. The number of aliphatic hydroxyl groups is 1. The molecule has 1 aliphatic heterocycles. The van der Waals surface area contributed by atoms with Gasteiger partial charge < -0.3 is 19.5 Å². The molecular weight excluding hydrogens is 451 g/mol. The van der Waals surface area contributed by atoms with Gasteiger partial charge in [0.25, 0.3) is 11.7 Å². The lowest BCUT2D eigenvalue weighted by Crippen LogP contribution is -2.29. The van der Waals surface area contributed by atoms with E-state index in [1.807, 2.05) is 6.92 Å². The summed E-state index contributed by atoms with van der Waals surface area (Å²) < 4.78 is 24.9. The maximum atomic E-state index is 14.4. The molecule has 1 amide bonds. The molecule has 35 heavy (non-hydrogen) atoms. The molecule has 8 heteroatoms. The summed E-state index contributed by atoms with van der Waals surface area (Å²) in [6.07, 6.45) is 4.05. The van der Waals surface area contributed by atoms with Gasteiger partial charge in [-0.2, -0.15) is 0 Å². The van der Waals surface area contributed by atoms with Gasteiger partial charge in [0, 0.05) is 24.5 Å². The third kappa shape index (κ3) is 4.87. The van der Waals surface area contributed by atoms with Crippen LogP contribution in [0.5, 0.6) is 11.5 Å². The predicted octanol–water partition coefficient (Wildman–Crippen LogP) is 4.64. The molecule has 2 heterocycles. The number of amides is 1. The average Bonchev–Trinajstić information content (AvgIpc) is 3.12. The second-order valence-electron chi connectivity index (χ2n) is 8.05. The van der Waals surface area contributed by atoms with E-state index in [1.165, 1.54) is 24.1 Å². The van der Waals surface area contributed by atoms with Crippen LogP contribution in [-0.4, -0.2) is 40.4 Å². The van der Waals surface area contributed by atoms with Crippen molar-refractivity contribution in [1.29, 1.82) is 0 Å². The van der Waals surface area contributed by atoms with E-state index in [2.05, 4.69) is 4.98 Å². The van der Waals surface area contributed by atoms with Gasteiger partial charge in [0.2, 0.25) is 0 Å². The van der Waals surface area contributed by atoms with Crippen molar-refractivity contribution in [3.8, 4) is 11.5 Å². The number of aromatic nitrogens is 1. The third-order valence-corrected chi connectivity index (χ3v) is 5.74. The van der Waals surface area contributed by atoms with E-state index in [-0.39, 0.29) is 23.4 Å². The van der Waals surface area contributed by atoms with Gasteiger partial charge in [0.05, 0.1) is 25.3 Å². The Morgan fingerprint density at radius 3 is 2.43 bits per heavy atom. The van der Waals surface area contributed by atoms with Crippen LogP contribution in [0.1, 0.15) is 36.1 Å². The molecule has 0 saturated carbocycles. The van der Waals surface area contributed by atoms with Crippen molar-refractivity contribution in [2.45, 2.75) is 25.9 Å². The first kappa shape index (κ1) is 23.9. The number of hydrogen-bond donors (Lipinski definition) is 1. The number of carbonyl (C=O) groups is 2. The van der Waals surface area contributed by atoms with Gasteiger partial charge in [-0.1, -0.05) is 19.1 Å². The maximum absolute atomic E-state index is 14.4. The predicted molar refractivity (Wildman–Crippen MR) is 127 cm³/mol. The normalized spacial score (nSPS) is 17.0. The number of hydrogen-bond acceptors (Lipinski definition) is 6. The Balaban J connectivity index is 1.81. The summed E-state index contributed by atoms with van der Waals surface area (Å²) in [6.45, 7) is 2.69. The van der Waals surface area contributed by atoms with Crippen molar-refractivity contribution in [3.63, 3.8) is 0 Å². The van der Waals surface area contributed by atoms with Crippen molar-refractivity contribution in [1.82, 2.24) is 9.88 Å². The topological polar surface area (TPSA) is 89.0 Å². The minimum Gasteiger partial charge on any atom is -0.507 e. The number of pyridine rings is 1. The number of ketones is 1. The molecule has 1 atom stereocenters. The molecule has 0 aliphatic carbocycles. The van der Waals surface area contributed by atoms with Gasteiger partial charge in [-0.25, -0.2) is 4.39 Å². The van der Waals surface area contributed by atoms with Gasteiger partial charge in [0.15, 0.2) is 11.6 Å². The number of nitrogens with zero attached hydrogens (tertiary/aromatic N) is 2. The van der Waals surface area contributed by atoms with Crippen LogP contribution in [-0.2, 0) is 16.1 Å². The summed E-state index contributed by atoms with van der Waals surface area (Å²) >= 11 is 0. The van der Waals surface area contributed by atoms with Crippen LogP contribution in [0.25, 0.3) is 5.76 Å². The van der Waals surface area contributed by atoms with E-state index in [9.17, 15) is 19.1 Å². The fourth-order valence-electron chi connectivity index (χ4n) is 4.01. The zero-order chi connectivity index (χ0) is 24.9. The number of benzene rings is 2. The largest absolute Gasteiger partial charge is 0.507 e. The van der Waals surface area contributed by atoms with Gasteiger partial charge in [-0.3, -0.25) is 14.6 Å². The molecule has 2 aromatic carbocycles. The molecule has 1 saturated heterocycles. The number of likely N-dealkylation sites (tertiary alicyclic amines) is 1. The lowest BCUT2D eigenvalue weighted by molar-refractivity contribution is -0.140. The van der Waals surface area contributed by atoms with Gasteiger partial charge in [0.1, 0.15) is 11.5 Å². The second-order valence-corrected chi connectivity index (χ2v) is 8.05. The minimum atomic E-state index is -0.881. The SMILES string of the molecule is CCCOc1ccc([C@@H]2C(=C(O)c3ccc(OC)c(F)c3)C(=O)C(=O)N2Cc2ccncc2)cc1. The van der Waals surface area contributed by atoms with Crippen LogP contribution in [0.4, 0.5) is 4.39 Å². The number of carbonyl (C=O) groups excluding carboxylic acids is 2. The molecule has 7 nitrogen and oxygen atoms in total. The molecule has 180 valence electrons. The van der Waals surface area contributed by atoms with E-state index in [0.717, 1.165) is 18.1 Å². The maximum Gasteiger partial charge on any atom is 0.295 e. The van der Waals surface area contributed by atoms with Gasteiger partial charge >= 0.3 is 0 Å². The number of rotatable bonds is 8. The molecule has 1 aromatic heterocycles. The Morgan fingerprint density at radius 1 is 1.09 bits per heavy atom. The molecule has 1 aliphatic rings. The molecule has 0 bridgehead atoms. The monoisotopic (exact) mass is 476 g/mol. The van der Waals surface area contributed by atoms with E-state index in [0.29, 0.717) is 17.9 Å². The van der Waals surface area contributed by atoms with Crippen LogP contribution >= 0.6 is 0 Å². The standard InChI is InChI=1S/C27H25FN2O5/c1-3-14-35-20-7-4-18(5-8-20)24-23(25(31)19-6-9-22(34-2)21(28)15-19)26(32)27(33)30(24)16-17-10-12-29-13-11-17/h4-13,15,24,31H,3,14,16H2,1-2H3/t24-/m1/s1.